The molecule has 0 aliphatic carbocycles. The molecule has 0 fully saturated rings. The van der Waals surface area contributed by atoms with Gasteiger partial charge in [-0.25, -0.2) is 4.79 Å². The normalized spacial score (nSPS) is 11.6. The molecular weight excluding hydrogens is 288 g/mol. The maximum Gasteiger partial charge on any atom is 0.346 e. The lowest BCUT2D eigenvalue weighted by molar-refractivity contribution is 0.0701. The van der Waals surface area contributed by atoms with E-state index in [2.05, 4.69) is 45.0 Å². The van der Waals surface area contributed by atoms with Crippen LogP contribution in [-0.2, 0) is 11.2 Å². The summed E-state index contributed by atoms with van der Waals surface area (Å²) < 4.78 is 0. The highest BCUT2D eigenvalue weighted by molar-refractivity contribution is 7.98. The summed E-state index contributed by atoms with van der Waals surface area (Å²) in [5, 5.41) is 10.9. The molecule has 0 radical (unpaired) electrons. The van der Waals surface area contributed by atoms with Gasteiger partial charge in [-0.2, -0.15) is 0 Å². The van der Waals surface area contributed by atoms with E-state index in [1.807, 2.05) is 11.4 Å². The third-order valence-electron chi connectivity index (χ3n) is 3.06. The molecule has 2 nitrogen and oxygen atoms in total. The van der Waals surface area contributed by atoms with Crippen LogP contribution in [0.3, 0.4) is 0 Å². The standard InChI is InChI=1S/C16H18O2S2/c1-16(2,3)12-4-6-13(7-5-12)20-10-11-8-9-19-14(11)15(17)18/h4-9H,10H2,1-3H3,(H,17,18). The van der Waals surface area contributed by atoms with E-state index >= 15 is 0 Å². The number of rotatable bonds is 4. The molecule has 0 saturated heterocycles. The molecule has 1 aromatic carbocycles. The number of carbonyl (C=O) groups is 1. The van der Waals surface area contributed by atoms with E-state index < -0.39 is 5.97 Å². The van der Waals surface area contributed by atoms with Crippen molar-refractivity contribution >= 4 is 29.1 Å². The topological polar surface area (TPSA) is 37.3 Å². The van der Waals surface area contributed by atoms with Crippen LogP contribution in [0, 0.1) is 0 Å². The number of carboxylic acid groups (broad SMARTS) is 1. The van der Waals surface area contributed by atoms with E-state index in [9.17, 15) is 4.79 Å². The molecule has 0 saturated carbocycles. The maximum atomic E-state index is 11.1. The van der Waals surface area contributed by atoms with Crippen molar-refractivity contribution in [1.82, 2.24) is 0 Å². The van der Waals surface area contributed by atoms with Crippen LogP contribution in [0.1, 0.15) is 41.6 Å². The first-order chi connectivity index (χ1) is 9.38. The molecule has 0 spiro atoms. The van der Waals surface area contributed by atoms with Crippen LogP contribution in [0.4, 0.5) is 0 Å². The van der Waals surface area contributed by atoms with Gasteiger partial charge in [0.25, 0.3) is 0 Å². The Bertz CT molecular complexity index is 592. The Hall–Kier alpha value is -1.26. The van der Waals surface area contributed by atoms with Gasteiger partial charge in [0.15, 0.2) is 0 Å². The summed E-state index contributed by atoms with van der Waals surface area (Å²) in [4.78, 5) is 12.7. The maximum absolute atomic E-state index is 11.1. The zero-order chi connectivity index (χ0) is 14.8. The number of thiophene rings is 1. The summed E-state index contributed by atoms with van der Waals surface area (Å²) in [7, 11) is 0. The Balaban J connectivity index is 2.04. The van der Waals surface area contributed by atoms with Crippen molar-refractivity contribution in [2.75, 3.05) is 0 Å². The van der Waals surface area contributed by atoms with Gasteiger partial charge < -0.3 is 5.11 Å². The molecule has 1 heterocycles. The van der Waals surface area contributed by atoms with Gasteiger partial charge >= 0.3 is 5.97 Å². The first kappa shape index (κ1) is 15.1. The second-order valence-corrected chi connectivity index (χ2v) is 7.61. The summed E-state index contributed by atoms with van der Waals surface area (Å²) in [6.45, 7) is 6.58. The van der Waals surface area contributed by atoms with Crippen LogP contribution in [0.5, 0.6) is 0 Å². The van der Waals surface area contributed by atoms with Crippen molar-refractivity contribution in [1.29, 1.82) is 0 Å². The van der Waals surface area contributed by atoms with Crippen LogP contribution < -0.4 is 0 Å². The molecule has 106 valence electrons. The fraction of sp³-hybridized carbons (Fsp3) is 0.312. The summed E-state index contributed by atoms with van der Waals surface area (Å²) in [6.07, 6.45) is 0. The minimum Gasteiger partial charge on any atom is -0.477 e. The van der Waals surface area contributed by atoms with Crippen LogP contribution in [0.25, 0.3) is 0 Å². The number of thioether (sulfide) groups is 1. The molecule has 1 N–H and O–H groups in total. The number of hydrogen-bond donors (Lipinski definition) is 1. The summed E-state index contributed by atoms with van der Waals surface area (Å²) in [5.41, 5.74) is 2.36. The predicted octanol–water partition coefficient (Wildman–Crippen LogP) is 5.04. The molecule has 20 heavy (non-hydrogen) atoms. The Morgan fingerprint density at radius 3 is 2.40 bits per heavy atom. The number of aromatic carboxylic acids is 1. The van der Waals surface area contributed by atoms with Crippen molar-refractivity contribution in [3.05, 3.63) is 51.7 Å². The SMILES string of the molecule is CC(C)(C)c1ccc(SCc2ccsc2C(=O)O)cc1. The van der Waals surface area contributed by atoms with Gasteiger partial charge in [-0.1, -0.05) is 32.9 Å². The van der Waals surface area contributed by atoms with Gasteiger partial charge in [0, 0.05) is 10.6 Å². The number of benzene rings is 1. The van der Waals surface area contributed by atoms with E-state index in [0.29, 0.717) is 10.6 Å². The van der Waals surface area contributed by atoms with E-state index in [4.69, 9.17) is 5.11 Å². The Kier molecular flexibility index (Phi) is 4.55. The van der Waals surface area contributed by atoms with E-state index in [1.165, 1.54) is 21.8 Å². The second kappa shape index (κ2) is 6.02. The monoisotopic (exact) mass is 306 g/mol. The molecule has 0 bridgehead atoms. The molecule has 0 aliphatic heterocycles. The van der Waals surface area contributed by atoms with Crippen molar-refractivity contribution in [3.63, 3.8) is 0 Å². The molecule has 0 aliphatic rings. The Morgan fingerprint density at radius 2 is 1.85 bits per heavy atom. The van der Waals surface area contributed by atoms with E-state index in [1.54, 1.807) is 11.8 Å². The van der Waals surface area contributed by atoms with Crippen molar-refractivity contribution in [3.8, 4) is 0 Å². The molecule has 2 aromatic rings. The van der Waals surface area contributed by atoms with Gasteiger partial charge in [-0.3, -0.25) is 0 Å². The zero-order valence-electron chi connectivity index (χ0n) is 11.8. The quantitative estimate of drug-likeness (QED) is 0.804. The highest BCUT2D eigenvalue weighted by atomic mass is 32.2. The van der Waals surface area contributed by atoms with Crippen LogP contribution in [0.2, 0.25) is 0 Å². The predicted molar refractivity (Wildman–Crippen MR) is 86.0 cm³/mol. The van der Waals surface area contributed by atoms with Crippen LogP contribution in [0.15, 0.2) is 40.6 Å². The first-order valence-corrected chi connectivity index (χ1v) is 8.27. The summed E-state index contributed by atoms with van der Waals surface area (Å²) >= 11 is 2.96. The largest absolute Gasteiger partial charge is 0.477 e. The highest BCUT2D eigenvalue weighted by Crippen LogP contribution is 2.29. The van der Waals surface area contributed by atoms with Crippen LogP contribution >= 0.6 is 23.1 Å². The highest BCUT2D eigenvalue weighted by Gasteiger charge is 2.14. The third kappa shape index (κ3) is 3.64. The lowest BCUT2D eigenvalue weighted by atomic mass is 9.87. The van der Waals surface area contributed by atoms with Crippen LogP contribution in [-0.4, -0.2) is 11.1 Å². The van der Waals surface area contributed by atoms with E-state index in [-0.39, 0.29) is 5.41 Å². The second-order valence-electron chi connectivity index (χ2n) is 5.64. The lowest BCUT2D eigenvalue weighted by Gasteiger charge is -2.19. The van der Waals surface area contributed by atoms with Crippen molar-refractivity contribution < 1.29 is 9.90 Å². The molecule has 0 atom stereocenters. The lowest BCUT2D eigenvalue weighted by Crippen LogP contribution is -2.10. The minimum atomic E-state index is -0.835. The van der Waals surface area contributed by atoms with Gasteiger partial charge in [0.1, 0.15) is 4.88 Å². The number of hydrogen-bond acceptors (Lipinski definition) is 3. The number of carboxylic acids is 1. The molecular formula is C16H18O2S2. The summed E-state index contributed by atoms with van der Waals surface area (Å²) in [6, 6.07) is 10.4. The summed E-state index contributed by atoms with van der Waals surface area (Å²) in [5.74, 6) is -0.140. The molecule has 0 unspecified atom stereocenters. The smallest absolute Gasteiger partial charge is 0.346 e. The Labute approximate surface area is 127 Å². The van der Waals surface area contributed by atoms with Gasteiger partial charge in [-0.15, -0.1) is 23.1 Å². The fourth-order valence-electron chi connectivity index (χ4n) is 1.85. The zero-order valence-corrected chi connectivity index (χ0v) is 13.5. The molecule has 0 amide bonds. The van der Waals surface area contributed by atoms with Gasteiger partial charge in [0.2, 0.25) is 0 Å². The van der Waals surface area contributed by atoms with Crippen molar-refractivity contribution in [2.24, 2.45) is 0 Å². The minimum absolute atomic E-state index is 0.160. The molecule has 1 aromatic heterocycles. The molecule has 4 heteroatoms. The third-order valence-corrected chi connectivity index (χ3v) is 5.06. The van der Waals surface area contributed by atoms with Gasteiger partial charge in [-0.05, 0) is 40.1 Å². The first-order valence-electron chi connectivity index (χ1n) is 6.41. The molecule has 2 rings (SSSR count). The van der Waals surface area contributed by atoms with Gasteiger partial charge in [0.05, 0.1) is 0 Å². The van der Waals surface area contributed by atoms with E-state index in [0.717, 1.165) is 5.56 Å². The fourth-order valence-corrected chi connectivity index (χ4v) is 3.59. The average Bonchev–Trinajstić information content (AvgIpc) is 2.84. The van der Waals surface area contributed by atoms with Crippen molar-refractivity contribution in [2.45, 2.75) is 36.8 Å². The average molecular weight is 306 g/mol. The Morgan fingerprint density at radius 1 is 1.20 bits per heavy atom.